The molecule has 1 aliphatic rings. The molecule has 0 saturated carbocycles. The van der Waals surface area contributed by atoms with Crippen LogP contribution >= 0.6 is 0 Å². The minimum atomic E-state index is -0.0416. The maximum Gasteiger partial charge on any atom is 0.251 e. The third kappa shape index (κ3) is 4.06. The fourth-order valence-corrected chi connectivity index (χ4v) is 2.19. The van der Waals surface area contributed by atoms with Crippen molar-refractivity contribution in [2.24, 2.45) is 0 Å². The van der Waals surface area contributed by atoms with Crippen LogP contribution in [-0.2, 0) is 4.79 Å². The Bertz CT molecular complexity index is 461. The average Bonchev–Trinajstić information content (AvgIpc) is 2.48. The number of nitrogens with zero attached hydrogens (tertiary/aromatic N) is 2. The Kier molecular flexibility index (Phi) is 5.12. The third-order valence-corrected chi connectivity index (χ3v) is 3.51. The minimum Gasteiger partial charge on any atom is -0.352 e. The molecule has 0 spiro atoms. The molecule has 1 saturated heterocycles. The van der Waals surface area contributed by atoms with Gasteiger partial charge in [0.05, 0.1) is 6.54 Å². The van der Waals surface area contributed by atoms with Gasteiger partial charge in [-0.25, -0.2) is 0 Å². The van der Waals surface area contributed by atoms with Crippen LogP contribution in [0.15, 0.2) is 30.3 Å². The second kappa shape index (κ2) is 7.05. The van der Waals surface area contributed by atoms with E-state index in [9.17, 15) is 9.59 Å². The van der Waals surface area contributed by atoms with Crippen molar-refractivity contribution in [3.63, 3.8) is 0 Å². The largest absolute Gasteiger partial charge is 0.352 e. The van der Waals surface area contributed by atoms with Gasteiger partial charge in [0.2, 0.25) is 5.91 Å². The van der Waals surface area contributed by atoms with Gasteiger partial charge in [-0.15, -0.1) is 0 Å². The lowest BCUT2D eigenvalue weighted by Gasteiger charge is -2.31. The molecule has 2 rings (SSSR count). The van der Waals surface area contributed by atoms with E-state index >= 15 is 0 Å². The number of amides is 2. The highest BCUT2D eigenvalue weighted by Gasteiger charge is 2.20. The summed E-state index contributed by atoms with van der Waals surface area (Å²) in [4.78, 5) is 27.2. The van der Waals surface area contributed by atoms with Gasteiger partial charge in [-0.3, -0.25) is 14.5 Å². The molecular formula is C15H21N3O2. The number of likely N-dealkylation sites (N-methyl/N-ethyl adjacent to an activating group) is 1. The summed E-state index contributed by atoms with van der Waals surface area (Å²) in [7, 11) is 1.83. The molecule has 0 aromatic heterocycles. The summed E-state index contributed by atoms with van der Waals surface area (Å²) in [6, 6.07) is 9.19. The van der Waals surface area contributed by atoms with E-state index in [1.165, 1.54) is 0 Å². The number of benzene rings is 1. The Labute approximate surface area is 119 Å². The highest BCUT2D eigenvalue weighted by Crippen LogP contribution is 2.02. The Hall–Kier alpha value is -1.88. The molecule has 5 heteroatoms. The molecular weight excluding hydrogens is 254 g/mol. The molecule has 2 amide bonds. The van der Waals surface area contributed by atoms with E-state index in [2.05, 4.69) is 10.2 Å². The first-order valence-electron chi connectivity index (χ1n) is 6.96. The molecule has 5 nitrogen and oxygen atoms in total. The van der Waals surface area contributed by atoms with Crippen molar-refractivity contribution in [3.05, 3.63) is 35.9 Å². The number of carbonyl (C=O) groups is 2. The summed E-state index contributed by atoms with van der Waals surface area (Å²) >= 11 is 0. The molecule has 0 bridgehead atoms. The monoisotopic (exact) mass is 275 g/mol. The standard InChI is InChI=1S/C15H21N3O2/c1-17-10-11-18(12-14(17)19)9-5-8-16-15(20)13-6-3-2-4-7-13/h2-4,6-7H,5,8-12H2,1H3,(H,16,20). The average molecular weight is 275 g/mol. The van der Waals surface area contributed by atoms with Crippen LogP contribution in [0.2, 0.25) is 0 Å². The summed E-state index contributed by atoms with van der Waals surface area (Å²) in [5.74, 6) is 0.129. The lowest BCUT2D eigenvalue weighted by molar-refractivity contribution is -0.134. The topological polar surface area (TPSA) is 52.6 Å². The molecule has 108 valence electrons. The van der Waals surface area contributed by atoms with Crippen molar-refractivity contribution in [1.29, 1.82) is 0 Å². The lowest BCUT2D eigenvalue weighted by Crippen LogP contribution is -2.48. The van der Waals surface area contributed by atoms with Gasteiger partial charge in [-0.2, -0.15) is 0 Å². The van der Waals surface area contributed by atoms with Gasteiger partial charge in [0.15, 0.2) is 0 Å². The maximum absolute atomic E-state index is 11.8. The van der Waals surface area contributed by atoms with Crippen LogP contribution in [0.1, 0.15) is 16.8 Å². The molecule has 1 aromatic rings. The van der Waals surface area contributed by atoms with Crippen molar-refractivity contribution in [2.75, 3.05) is 39.8 Å². The summed E-state index contributed by atoms with van der Waals surface area (Å²) in [6.45, 7) is 3.66. The molecule has 0 radical (unpaired) electrons. The van der Waals surface area contributed by atoms with E-state index in [0.717, 1.165) is 26.1 Å². The zero-order valence-corrected chi connectivity index (χ0v) is 11.8. The van der Waals surface area contributed by atoms with Crippen LogP contribution in [0.3, 0.4) is 0 Å². The number of rotatable bonds is 5. The quantitative estimate of drug-likeness (QED) is 0.800. The van der Waals surface area contributed by atoms with Crippen LogP contribution in [0.5, 0.6) is 0 Å². The van der Waals surface area contributed by atoms with Gasteiger partial charge in [0, 0.05) is 38.8 Å². The van der Waals surface area contributed by atoms with Crippen LogP contribution in [0, 0.1) is 0 Å². The molecule has 1 fully saturated rings. The van der Waals surface area contributed by atoms with Gasteiger partial charge in [0.1, 0.15) is 0 Å². The number of hydrogen-bond donors (Lipinski definition) is 1. The van der Waals surface area contributed by atoms with Crippen molar-refractivity contribution < 1.29 is 9.59 Å². The van der Waals surface area contributed by atoms with Crippen LogP contribution in [0.4, 0.5) is 0 Å². The maximum atomic E-state index is 11.8. The van der Waals surface area contributed by atoms with Crippen molar-refractivity contribution in [2.45, 2.75) is 6.42 Å². The summed E-state index contributed by atoms with van der Waals surface area (Å²) in [5.41, 5.74) is 0.683. The normalized spacial score (nSPS) is 16.2. The Balaban J connectivity index is 1.65. The van der Waals surface area contributed by atoms with E-state index in [0.29, 0.717) is 18.7 Å². The first-order chi connectivity index (χ1) is 9.66. The number of carbonyl (C=O) groups excluding carboxylic acids is 2. The third-order valence-electron chi connectivity index (χ3n) is 3.51. The van der Waals surface area contributed by atoms with Crippen LogP contribution in [-0.4, -0.2) is 61.4 Å². The fourth-order valence-electron chi connectivity index (χ4n) is 2.19. The number of nitrogens with one attached hydrogen (secondary N) is 1. The van der Waals surface area contributed by atoms with Gasteiger partial charge >= 0.3 is 0 Å². The van der Waals surface area contributed by atoms with Crippen molar-refractivity contribution >= 4 is 11.8 Å². The molecule has 0 unspecified atom stereocenters. The molecule has 20 heavy (non-hydrogen) atoms. The summed E-state index contributed by atoms with van der Waals surface area (Å²) in [6.07, 6.45) is 0.857. The van der Waals surface area contributed by atoms with Crippen molar-refractivity contribution in [1.82, 2.24) is 15.1 Å². The van der Waals surface area contributed by atoms with Crippen LogP contribution in [0.25, 0.3) is 0 Å². The van der Waals surface area contributed by atoms with Crippen LogP contribution < -0.4 is 5.32 Å². The number of hydrogen-bond acceptors (Lipinski definition) is 3. The van der Waals surface area contributed by atoms with Crippen molar-refractivity contribution in [3.8, 4) is 0 Å². The molecule has 1 aromatic carbocycles. The van der Waals surface area contributed by atoms with E-state index in [-0.39, 0.29) is 11.8 Å². The Morgan fingerprint density at radius 3 is 2.70 bits per heavy atom. The second-order valence-corrected chi connectivity index (χ2v) is 5.07. The zero-order valence-electron chi connectivity index (χ0n) is 11.8. The SMILES string of the molecule is CN1CCN(CCCNC(=O)c2ccccc2)CC1=O. The molecule has 0 atom stereocenters. The van der Waals surface area contributed by atoms with Gasteiger partial charge in [-0.05, 0) is 18.6 Å². The zero-order chi connectivity index (χ0) is 14.4. The van der Waals surface area contributed by atoms with E-state index in [4.69, 9.17) is 0 Å². The van der Waals surface area contributed by atoms with Gasteiger partial charge < -0.3 is 10.2 Å². The number of piperazine rings is 1. The minimum absolute atomic E-state index is 0.0416. The predicted octanol–water partition coefficient (Wildman–Crippen LogP) is 0.580. The molecule has 1 N–H and O–H groups in total. The summed E-state index contributed by atoms with van der Waals surface area (Å²) < 4.78 is 0. The highest BCUT2D eigenvalue weighted by atomic mass is 16.2. The summed E-state index contributed by atoms with van der Waals surface area (Å²) in [5, 5.41) is 2.90. The molecule has 1 aliphatic heterocycles. The second-order valence-electron chi connectivity index (χ2n) is 5.07. The van der Waals surface area contributed by atoms with E-state index in [1.54, 1.807) is 17.0 Å². The van der Waals surface area contributed by atoms with E-state index in [1.807, 2.05) is 25.2 Å². The first-order valence-corrected chi connectivity index (χ1v) is 6.96. The first kappa shape index (κ1) is 14.5. The molecule has 0 aliphatic carbocycles. The molecule has 1 heterocycles. The Morgan fingerprint density at radius 1 is 1.25 bits per heavy atom. The predicted molar refractivity (Wildman–Crippen MR) is 77.5 cm³/mol. The fraction of sp³-hybridized carbons (Fsp3) is 0.467. The Morgan fingerprint density at radius 2 is 2.00 bits per heavy atom. The van der Waals surface area contributed by atoms with E-state index < -0.39 is 0 Å². The van der Waals surface area contributed by atoms with Gasteiger partial charge in [-0.1, -0.05) is 18.2 Å². The smallest absolute Gasteiger partial charge is 0.251 e. The van der Waals surface area contributed by atoms with Gasteiger partial charge in [0.25, 0.3) is 5.91 Å². The lowest BCUT2D eigenvalue weighted by atomic mass is 10.2. The highest BCUT2D eigenvalue weighted by molar-refractivity contribution is 5.94.